The number of phenols is 1. The Hall–Kier alpha value is -1.62. The lowest BCUT2D eigenvalue weighted by atomic mass is 10.1. The highest BCUT2D eigenvalue weighted by atomic mass is 19.1. The van der Waals surface area contributed by atoms with Gasteiger partial charge in [0.25, 0.3) is 5.91 Å². The van der Waals surface area contributed by atoms with Crippen LogP contribution in [0.5, 0.6) is 5.75 Å². The third kappa shape index (κ3) is 2.98. The third-order valence-corrected chi connectivity index (χ3v) is 3.22. The minimum Gasteiger partial charge on any atom is -0.507 e. The standard InChI is InChI=1S/C13H17FN2O2/c14-10-2-1-3-11(17)12(10)13(18)16-7-5-9-4-6-15-8-9/h1-3,9,15,17H,4-8H2,(H,16,18). The van der Waals surface area contributed by atoms with Gasteiger partial charge in [-0.05, 0) is 44.0 Å². The van der Waals surface area contributed by atoms with Gasteiger partial charge < -0.3 is 15.7 Å². The lowest BCUT2D eigenvalue weighted by molar-refractivity contribution is 0.0944. The summed E-state index contributed by atoms with van der Waals surface area (Å²) in [6, 6.07) is 3.83. The van der Waals surface area contributed by atoms with Crippen molar-refractivity contribution in [1.29, 1.82) is 0 Å². The zero-order valence-electron chi connectivity index (χ0n) is 10.1. The molecule has 0 bridgehead atoms. The summed E-state index contributed by atoms with van der Waals surface area (Å²) < 4.78 is 13.4. The summed E-state index contributed by atoms with van der Waals surface area (Å²) in [7, 11) is 0. The van der Waals surface area contributed by atoms with E-state index in [9.17, 15) is 14.3 Å². The van der Waals surface area contributed by atoms with Gasteiger partial charge in [0.2, 0.25) is 0 Å². The van der Waals surface area contributed by atoms with Crippen LogP contribution in [0, 0.1) is 11.7 Å². The molecule has 0 aromatic heterocycles. The third-order valence-electron chi connectivity index (χ3n) is 3.22. The highest BCUT2D eigenvalue weighted by molar-refractivity contribution is 5.97. The van der Waals surface area contributed by atoms with Crippen molar-refractivity contribution in [3.05, 3.63) is 29.6 Å². The molecule has 1 heterocycles. The summed E-state index contributed by atoms with van der Waals surface area (Å²) in [4.78, 5) is 11.7. The first-order chi connectivity index (χ1) is 8.68. The second kappa shape index (κ2) is 5.82. The normalized spacial score (nSPS) is 18.8. The summed E-state index contributed by atoms with van der Waals surface area (Å²) >= 11 is 0. The molecule has 1 aromatic rings. The van der Waals surface area contributed by atoms with Crippen LogP contribution < -0.4 is 10.6 Å². The zero-order valence-corrected chi connectivity index (χ0v) is 10.1. The van der Waals surface area contributed by atoms with Crippen molar-refractivity contribution in [2.45, 2.75) is 12.8 Å². The molecule has 1 atom stereocenters. The maximum Gasteiger partial charge on any atom is 0.258 e. The van der Waals surface area contributed by atoms with E-state index in [2.05, 4.69) is 10.6 Å². The number of halogens is 1. The number of carbonyl (C=O) groups is 1. The molecule has 98 valence electrons. The van der Waals surface area contributed by atoms with Crippen LogP contribution in [0.25, 0.3) is 0 Å². The first kappa shape index (κ1) is 12.8. The molecule has 1 saturated heterocycles. The molecule has 1 aliphatic rings. The summed E-state index contributed by atoms with van der Waals surface area (Å²) in [5, 5.41) is 15.4. The molecule has 0 saturated carbocycles. The van der Waals surface area contributed by atoms with E-state index in [0.717, 1.165) is 32.0 Å². The minimum atomic E-state index is -0.699. The van der Waals surface area contributed by atoms with Crippen molar-refractivity contribution >= 4 is 5.91 Å². The topological polar surface area (TPSA) is 61.4 Å². The first-order valence-electron chi connectivity index (χ1n) is 6.15. The van der Waals surface area contributed by atoms with Crippen LogP contribution in [-0.4, -0.2) is 30.6 Å². The maximum atomic E-state index is 13.4. The fraction of sp³-hybridized carbons (Fsp3) is 0.462. The SMILES string of the molecule is O=C(NCCC1CCNC1)c1c(O)cccc1F. The van der Waals surface area contributed by atoms with Crippen LogP contribution in [-0.2, 0) is 0 Å². The van der Waals surface area contributed by atoms with Crippen LogP contribution in [0.15, 0.2) is 18.2 Å². The van der Waals surface area contributed by atoms with E-state index in [-0.39, 0.29) is 11.3 Å². The van der Waals surface area contributed by atoms with Gasteiger partial charge in [-0.25, -0.2) is 4.39 Å². The number of amides is 1. The molecule has 4 nitrogen and oxygen atoms in total. The van der Waals surface area contributed by atoms with Gasteiger partial charge in [0.05, 0.1) is 0 Å². The maximum absolute atomic E-state index is 13.4. The van der Waals surface area contributed by atoms with Crippen molar-refractivity contribution in [2.24, 2.45) is 5.92 Å². The Kier molecular flexibility index (Phi) is 4.15. The molecule has 1 unspecified atom stereocenters. The Balaban J connectivity index is 1.87. The number of hydrogen-bond donors (Lipinski definition) is 3. The summed E-state index contributed by atoms with van der Waals surface area (Å²) in [5.41, 5.74) is -0.276. The quantitative estimate of drug-likeness (QED) is 0.756. The van der Waals surface area contributed by atoms with Gasteiger partial charge in [0.1, 0.15) is 17.1 Å². The first-order valence-corrected chi connectivity index (χ1v) is 6.15. The number of phenolic OH excluding ortho intramolecular Hbond substituents is 1. The molecule has 1 aromatic carbocycles. The minimum absolute atomic E-state index is 0.276. The average Bonchev–Trinajstić information content (AvgIpc) is 2.82. The molecule has 0 aliphatic carbocycles. The second-order valence-corrected chi connectivity index (χ2v) is 4.54. The molecule has 2 rings (SSSR count). The number of rotatable bonds is 4. The van der Waals surface area contributed by atoms with Crippen LogP contribution in [0.2, 0.25) is 0 Å². The van der Waals surface area contributed by atoms with Gasteiger partial charge in [-0.1, -0.05) is 6.07 Å². The lowest BCUT2D eigenvalue weighted by Gasteiger charge is -2.10. The van der Waals surface area contributed by atoms with Crippen molar-refractivity contribution in [2.75, 3.05) is 19.6 Å². The number of hydrogen-bond acceptors (Lipinski definition) is 3. The molecular weight excluding hydrogens is 235 g/mol. The molecule has 1 amide bonds. The van der Waals surface area contributed by atoms with E-state index in [0.29, 0.717) is 12.5 Å². The number of carbonyl (C=O) groups excluding carboxylic acids is 1. The van der Waals surface area contributed by atoms with Crippen molar-refractivity contribution in [3.63, 3.8) is 0 Å². The van der Waals surface area contributed by atoms with Crippen LogP contribution in [0.3, 0.4) is 0 Å². The average molecular weight is 252 g/mol. The summed E-state index contributed by atoms with van der Waals surface area (Å²) in [6.45, 7) is 2.49. The number of aromatic hydroxyl groups is 1. The molecule has 0 radical (unpaired) electrons. The monoisotopic (exact) mass is 252 g/mol. The highest BCUT2D eigenvalue weighted by Gasteiger charge is 2.17. The molecule has 0 spiro atoms. The summed E-state index contributed by atoms with van der Waals surface area (Å²) in [5.74, 6) is -1.01. The summed E-state index contributed by atoms with van der Waals surface area (Å²) in [6.07, 6.45) is 1.98. The molecule has 1 aliphatic heterocycles. The molecule has 3 N–H and O–H groups in total. The van der Waals surface area contributed by atoms with E-state index < -0.39 is 11.7 Å². The Labute approximate surface area is 105 Å². The van der Waals surface area contributed by atoms with E-state index in [1.54, 1.807) is 0 Å². The number of nitrogens with one attached hydrogen (secondary N) is 2. The fourth-order valence-electron chi connectivity index (χ4n) is 2.18. The van der Waals surface area contributed by atoms with Gasteiger partial charge in [-0.3, -0.25) is 4.79 Å². The highest BCUT2D eigenvalue weighted by Crippen LogP contribution is 2.19. The van der Waals surface area contributed by atoms with Gasteiger partial charge >= 0.3 is 0 Å². The fourth-order valence-corrected chi connectivity index (χ4v) is 2.18. The van der Waals surface area contributed by atoms with Gasteiger partial charge in [0.15, 0.2) is 0 Å². The lowest BCUT2D eigenvalue weighted by Crippen LogP contribution is -2.27. The van der Waals surface area contributed by atoms with E-state index in [1.165, 1.54) is 12.1 Å². The van der Waals surface area contributed by atoms with Gasteiger partial charge in [-0.15, -0.1) is 0 Å². The van der Waals surface area contributed by atoms with Crippen LogP contribution in [0.4, 0.5) is 4.39 Å². The van der Waals surface area contributed by atoms with Gasteiger partial charge in [0, 0.05) is 6.54 Å². The van der Waals surface area contributed by atoms with E-state index >= 15 is 0 Å². The Morgan fingerprint density at radius 1 is 1.56 bits per heavy atom. The predicted octanol–water partition coefficient (Wildman–Crippen LogP) is 1.26. The molecule has 1 fully saturated rings. The molecular formula is C13H17FN2O2. The van der Waals surface area contributed by atoms with Gasteiger partial charge in [-0.2, -0.15) is 0 Å². The smallest absolute Gasteiger partial charge is 0.258 e. The van der Waals surface area contributed by atoms with E-state index in [4.69, 9.17) is 0 Å². The second-order valence-electron chi connectivity index (χ2n) is 4.54. The zero-order chi connectivity index (χ0) is 13.0. The van der Waals surface area contributed by atoms with Crippen molar-refractivity contribution in [1.82, 2.24) is 10.6 Å². The molecule has 5 heteroatoms. The Bertz CT molecular complexity index is 411. The van der Waals surface area contributed by atoms with Crippen LogP contribution in [0.1, 0.15) is 23.2 Å². The Morgan fingerprint density at radius 3 is 3.06 bits per heavy atom. The largest absolute Gasteiger partial charge is 0.507 e. The van der Waals surface area contributed by atoms with Crippen molar-refractivity contribution < 1.29 is 14.3 Å². The van der Waals surface area contributed by atoms with Crippen molar-refractivity contribution in [3.8, 4) is 5.75 Å². The molecule has 18 heavy (non-hydrogen) atoms. The van der Waals surface area contributed by atoms with Crippen LogP contribution >= 0.6 is 0 Å². The number of benzene rings is 1. The van der Waals surface area contributed by atoms with E-state index in [1.807, 2.05) is 0 Å². The Morgan fingerprint density at radius 2 is 2.39 bits per heavy atom. The predicted molar refractivity (Wildman–Crippen MR) is 66.0 cm³/mol.